The van der Waals surface area contributed by atoms with Gasteiger partial charge in [-0.25, -0.2) is 24.4 Å². The van der Waals surface area contributed by atoms with Gasteiger partial charge < -0.3 is 29.0 Å². The van der Waals surface area contributed by atoms with Gasteiger partial charge >= 0.3 is 17.9 Å². The average molecular weight is 542 g/mol. The molecule has 0 atom stereocenters. The zero-order chi connectivity index (χ0) is 28.8. The molecule has 1 aliphatic carbocycles. The number of Topliss-reactive ketones (excluding diaryl/α,β-unsaturated/α-hetero) is 1. The second kappa shape index (κ2) is 15.5. The number of pyridine rings is 2. The number of esters is 3. The molecule has 0 radical (unpaired) electrons. The normalized spacial score (nSPS) is 11.4. The van der Waals surface area contributed by atoms with Crippen LogP contribution in [-0.2, 0) is 35.0 Å². The molecule has 1 N–H and O–H groups in total. The molecule has 0 fully saturated rings. The zero-order valence-corrected chi connectivity index (χ0v) is 22.4. The van der Waals surface area contributed by atoms with E-state index in [0.717, 1.165) is 5.56 Å². The molecule has 2 aromatic heterocycles. The fraction of sp³-hybridized carbons (Fsp3) is 0.333. The number of fused-ring (bicyclic) bond motifs is 1. The summed E-state index contributed by atoms with van der Waals surface area (Å²) in [5, 5.41) is 2.79. The van der Waals surface area contributed by atoms with Crippen molar-refractivity contribution in [3.63, 3.8) is 0 Å². The molecule has 0 aromatic carbocycles. The Labute approximate surface area is 226 Å². The fourth-order valence-corrected chi connectivity index (χ4v) is 3.12. The van der Waals surface area contributed by atoms with Gasteiger partial charge in [-0.2, -0.15) is 0 Å². The standard InChI is InChI=1S/C14H18N2O5.C13H13NO4/c1-4-20-13(17)11(14(18)21-5-2)9-15-10-6-7-12(19-3)16-8-10;1-3-18-13(16)9-6-4-8-5-7-10(17-2)14-11(8)12(9)15/h6-9,15H,4-5H2,1-3H3;5-7H,3-4H2,1-2H3. The number of ketones is 1. The van der Waals surface area contributed by atoms with E-state index in [2.05, 4.69) is 15.3 Å². The van der Waals surface area contributed by atoms with Crippen LogP contribution in [0.4, 0.5) is 5.69 Å². The van der Waals surface area contributed by atoms with Crippen LogP contribution in [0, 0.1) is 0 Å². The topological polar surface area (TPSA) is 152 Å². The summed E-state index contributed by atoms with van der Waals surface area (Å²) in [6.07, 6.45) is 4.81. The number of methoxy groups -OCH3 is 2. The van der Waals surface area contributed by atoms with E-state index in [0.29, 0.717) is 23.9 Å². The Hall–Kier alpha value is -4.74. The van der Waals surface area contributed by atoms with E-state index in [9.17, 15) is 19.2 Å². The Morgan fingerprint density at radius 2 is 1.51 bits per heavy atom. The van der Waals surface area contributed by atoms with Crippen LogP contribution in [0.2, 0.25) is 0 Å². The highest BCUT2D eigenvalue weighted by atomic mass is 16.6. The summed E-state index contributed by atoms with van der Waals surface area (Å²) >= 11 is 0. The number of nitrogens with zero attached hydrogens (tertiary/aromatic N) is 2. The first-order valence-corrected chi connectivity index (χ1v) is 12.1. The Kier molecular flexibility index (Phi) is 12.1. The van der Waals surface area contributed by atoms with Crippen molar-refractivity contribution in [2.75, 3.05) is 39.4 Å². The predicted octanol–water partition coefficient (Wildman–Crippen LogP) is 2.83. The van der Waals surface area contributed by atoms with Crippen LogP contribution in [0.1, 0.15) is 36.8 Å². The number of anilines is 1. The third kappa shape index (κ3) is 8.66. The zero-order valence-electron chi connectivity index (χ0n) is 22.4. The molecule has 1 aliphatic rings. The van der Waals surface area contributed by atoms with Crippen molar-refractivity contribution >= 4 is 29.4 Å². The van der Waals surface area contributed by atoms with Crippen molar-refractivity contribution < 1.29 is 42.9 Å². The summed E-state index contributed by atoms with van der Waals surface area (Å²) < 4.78 is 24.4. The van der Waals surface area contributed by atoms with Gasteiger partial charge in [0.25, 0.3) is 0 Å². The van der Waals surface area contributed by atoms with Crippen molar-refractivity contribution in [2.45, 2.75) is 27.2 Å². The Balaban J connectivity index is 0.000000276. The van der Waals surface area contributed by atoms with Crippen LogP contribution < -0.4 is 14.8 Å². The molecule has 0 amide bonds. The first kappa shape index (κ1) is 30.5. The van der Waals surface area contributed by atoms with Gasteiger partial charge in [0.15, 0.2) is 5.57 Å². The summed E-state index contributed by atoms with van der Waals surface area (Å²) in [4.78, 5) is 55.2. The lowest BCUT2D eigenvalue weighted by atomic mass is 9.94. The number of allylic oxidation sites excluding steroid dienone is 1. The van der Waals surface area contributed by atoms with Gasteiger partial charge in [0.05, 0.1) is 45.9 Å². The molecule has 12 heteroatoms. The molecule has 0 saturated carbocycles. The van der Waals surface area contributed by atoms with Crippen LogP contribution in [-0.4, -0.2) is 67.7 Å². The number of hydrogen-bond donors (Lipinski definition) is 1. The Morgan fingerprint density at radius 3 is 2.05 bits per heavy atom. The van der Waals surface area contributed by atoms with Crippen LogP contribution in [0.3, 0.4) is 0 Å². The molecule has 0 bridgehead atoms. The van der Waals surface area contributed by atoms with Crippen molar-refractivity contribution in [1.82, 2.24) is 9.97 Å². The molecule has 39 heavy (non-hydrogen) atoms. The largest absolute Gasteiger partial charge is 0.481 e. The van der Waals surface area contributed by atoms with Gasteiger partial charge in [-0.15, -0.1) is 0 Å². The highest BCUT2D eigenvalue weighted by Crippen LogP contribution is 2.23. The summed E-state index contributed by atoms with van der Waals surface area (Å²) in [5.74, 6) is -1.69. The third-order valence-corrected chi connectivity index (χ3v) is 4.96. The number of rotatable bonds is 10. The quantitative estimate of drug-likeness (QED) is 0.155. The third-order valence-electron chi connectivity index (χ3n) is 4.96. The van der Waals surface area contributed by atoms with Gasteiger partial charge in [0, 0.05) is 18.3 Å². The first-order valence-electron chi connectivity index (χ1n) is 12.1. The number of aromatic nitrogens is 2. The second-order valence-corrected chi connectivity index (χ2v) is 7.47. The van der Waals surface area contributed by atoms with Crippen LogP contribution in [0.5, 0.6) is 11.8 Å². The number of nitrogens with one attached hydrogen (secondary N) is 1. The van der Waals surface area contributed by atoms with Gasteiger partial charge in [0.2, 0.25) is 17.5 Å². The average Bonchev–Trinajstić information content (AvgIpc) is 2.94. The SMILES string of the molecule is CCOC(=O)C(=CNc1ccc(OC)nc1)C(=O)OCC.CCOC(=O)C1=CCc2ccc(OC)nc2C1=O. The van der Waals surface area contributed by atoms with E-state index in [1.807, 2.05) is 0 Å². The van der Waals surface area contributed by atoms with Crippen molar-refractivity contribution in [3.05, 3.63) is 65.1 Å². The number of ether oxygens (including phenoxy) is 5. The summed E-state index contributed by atoms with van der Waals surface area (Å²) in [5.41, 5.74) is 1.47. The minimum atomic E-state index is -0.745. The highest BCUT2D eigenvalue weighted by Gasteiger charge is 2.28. The molecule has 0 unspecified atom stereocenters. The van der Waals surface area contributed by atoms with Crippen molar-refractivity contribution in [2.24, 2.45) is 0 Å². The maximum absolute atomic E-state index is 12.1. The Bertz CT molecular complexity index is 1220. The summed E-state index contributed by atoms with van der Waals surface area (Å²) in [7, 11) is 2.99. The molecule has 0 saturated heterocycles. The molecule has 0 aliphatic heterocycles. The van der Waals surface area contributed by atoms with Crippen LogP contribution >= 0.6 is 0 Å². The molecular formula is C27H31N3O9. The molecule has 208 valence electrons. The van der Waals surface area contributed by atoms with Gasteiger partial charge in [0.1, 0.15) is 11.3 Å². The maximum atomic E-state index is 12.1. The van der Waals surface area contributed by atoms with Gasteiger partial charge in [-0.3, -0.25) is 4.79 Å². The number of carbonyl (C=O) groups is 4. The molecule has 12 nitrogen and oxygen atoms in total. The molecule has 2 heterocycles. The lowest BCUT2D eigenvalue weighted by molar-refractivity contribution is -0.146. The van der Waals surface area contributed by atoms with E-state index in [4.69, 9.17) is 23.7 Å². The van der Waals surface area contributed by atoms with E-state index >= 15 is 0 Å². The van der Waals surface area contributed by atoms with Crippen molar-refractivity contribution in [3.8, 4) is 11.8 Å². The van der Waals surface area contributed by atoms with E-state index in [-0.39, 0.29) is 36.7 Å². The molecule has 2 aromatic rings. The minimum Gasteiger partial charge on any atom is -0.481 e. The highest BCUT2D eigenvalue weighted by molar-refractivity contribution is 6.24. The van der Waals surface area contributed by atoms with Crippen LogP contribution in [0.15, 0.2) is 53.9 Å². The minimum absolute atomic E-state index is 0.0464. The lowest BCUT2D eigenvalue weighted by Gasteiger charge is -2.14. The van der Waals surface area contributed by atoms with Crippen molar-refractivity contribution in [1.29, 1.82) is 0 Å². The fourth-order valence-electron chi connectivity index (χ4n) is 3.12. The monoisotopic (exact) mass is 541 g/mol. The smallest absolute Gasteiger partial charge is 0.347 e. The number of carbonyl (C=O) groups excluding carboxylic acids is 4. The van der Waals surface area contributed by atoms with Crippen LogP contribution in [0.25, 0.3) is 0 Å². The first-order chi connectivity index (χ1) is 18.8. The van der Waals surface area contributed by atoms with E-state index in [1.54, 1.807) is 51.1 Å². The Morgan fingerprint density at radius 1 is 0.897 bits per heavy atom. The van der Waals surface area contributed by atoms with E-state index < -0.39 is 23.7 Å². The predicted molar refractivity (Wildman–Crippen MR) is 139 cm³/mol. The number of hydrogen-bond acceptors (Lipinski definition) is 12. The van der Waals surface area contributed by atoms with Gasteiger partial charge in [-0.1, -0.05) is 12.1 Å². The lowest BCUT2D eigenvalue weighted by Crippen LogP contribution is -2.22. The summed E-state index contributed by atoms with van der Waals surface area (Å²) in [6, 6.07) is 6.80. The maximum Gasteiger partial charge on any atom is 0.347 e. The molecular weight excluding hydrogens is 510 g/mol. The second-order valence-electron chi connectivity index (χ2n) is 7.47. The molecule has 0 spiro atoms. The van der Waals surface area contributed by atoms with E-state index in [1.165, 1.54) is 26.6 Å². The summed E-state index contributed by atoms with van der Waals surface area (Å²) in [6.45, 7) is 5.57. The molecule has 3 rings (SSSR count). The van der Waals surface area contributed by atoms with Gasteiger partial charge in [-0.05, 0) is 38.8 Å².